The number of hydrogen-bond donors (Lipinski definition) is 0. The summed E-state index contributed by atoms with van der Waals surface area (Å²) in [6.07, 6.45) is 0. The van der Waals surface area contributed by atoms with E-state index in [1.54, 1.807) is 14.2 Å². The van der Waals surface area contributed by atoms with Crippen molar-refractivity contribution in [3.05, 3.63) is 58.9 Å². The number of hydrogen-bond acceptors (Lipinski definition) is 7. The van der Waals surface area contributed by atoms with Gasteiger partial charge in [-0.15, -0.1) is 5.10 Å². The molecule has 34 heavy (non-hydrogen) atoms. The lowest BCUT2D eigenvalue weighted by molar-refractivity contribution is 0.191. The number of nitrogens with zero attached hydrogens (tertiary/aromatic N) is 6. The summed E-state index contributed by atoms with van der Waals surface area (Å²) < 4.78 is 13.0. The average Bonchev–Trinajstić information content (AvgIpc) is 3.31. The Labute approximate surface area is 202 Å². The fraction of sp³-hybridized carbons (Fsp3) is 0.500. The Kier molecular flexibility index (Phi) is 6.79. The van der Waals surface area contributed by atoms with E-state index in [0.29, 0.717) is 11.5 Å². The van der Waals surface area contributed by atoms with Gasteiger partial charge in [0.05, 0.1) is 25.8 Å². The number of ether oxygens (including phenoxy) is 2. The molecule has 0 spiro atoms. The van der Waals surface area contributed by atoms with Gasteiger partial charge < -0.3 is 14.4 Å². The quantitative estimate of drug-likeness (QED) is 0.547. The summed E-state index contributed by atoms with van der Waals surface area (Å²) in [6, 6.07) is 12.5. The Morgan fingerprint density at radius 1 is 0.912 bits per heavy atom. The fourth-order valence-electron chi connectivity index (χ4n) is 4.69. The molecule has 0 unspecified atom stereocenters. The zero-order valence-electron chi connectivity index (χ0n) is 21.4. The van der Waals surface area contributed by atoms with Crippen LogP contribution in [0.15, 0.2) is 36.4 Å². The van der Waals surface area contributed by atoms with Gasteiger partial charge in [-0.25, -0.2) is 4.68 Å². The Morgan fingerprint density at radius 2 is 1.62 bits per heavy atom. The molecule has 3 aromatic rings. The van der Waals surface area contributed by atoms with Gasteiger partial charge in [-0.05, 0) is 79.9 Å². The zero-order chi connectivity index (χ0) is 24.5. The van der Waals surface area contributed by atoms with Gasteiger partial charge in [0.1, 0.15) is 0 Å². The number of rotatable bonds is 6. The summed E-state index contributed by atoms with van der Waals surface area (Å²) in [4.78, 5) is 4.95. The fourth-order valence-corrected chi connectivity index (χ4v) is 4.69. The highest BCUT2D eigenvalue weighted by atomic mass is 16.5. The molecule has 8 heteroatoms. The Balaban J connectivity index is 1.69. The first-order valence-electron chi connectivity index (χ1n) is 11.8. The molecule has 0 bridgehead atoms. The molecular weight excluding hydrogens is 428 g/mol. The van der Waals surface area contributed by atoms with Crippen molar-refractivity contribution in [3.8, 4) is 11.5 Å². The summed E-state index contributed by atoms with van der Waals surface area (Å²) in [7, 11) is 3.32. The number of anilines is 1. The minimum absolute atomic E-state index is 0.102. The third kappa shape index (κ3) is 4.59. The lowest BCUT2D eigenvalue weighted by Crippen LogP contribution is -2.49. The molecular formula is C26H36N6O2. The molecule has 0 N–H and O–H groups in total. The van der Waals surface area contributed by atoms with Crippen LogP contribution in [0.1, 0.15) is 49.3 Å². The maximum Gasteiger partial charge on any atom is 0.173 e. The molecule has 1 fully saturated rings. The third-order valence-electron chi connectivity index (χ3n) is 6.69. The molecule has 2 aromatic carbocycles. The second kappa shape index (κ2) is 9.62. The molecule has 0 amide bonds. The van der Waals surface area contributed by atoms with Gasteiger partial charge >= 0.3 is 0 Å². The monoisotopic (exact) mass is 464 g/mol. The molecule has 2 heterocycles. The van der Waals surface area contributed by atoms with E-state index in [0.717, 1.165) is 37.6 Å². The molecule has 182 valence electrons. The predicted molar refractivity (Wildman–Crippen MR) is 134 cm³/mol. The summed E-state index contributed by atoms with van der Waals surface area (Å²) in [5.74, 6) is 2.24. The third-order valence-corrected chi connectivity index (χ3v) is 6.69. The minimum Gasteiger partial charge on any atom is -0.493 e. The molecule has 8 nitrogen and oxygen atoms in total. The number of aryl methyl sites for hydroxylation is 1. The molecule has 0 saturated carbocycles. The highest BCUT2D eigenvalue weighted by Gasteiger charge is 2.34. The second-order valence-corrected chi connectivity index (χ2v) is 9.88. The van der Waals surface area contributed by atoms with E-state index < -0.39 is 0 Å². The summed E-state index contributed by atoms with van der Waals surface area (Å²) in [5, 5.41) is 12.9. The number of benzene rings is 2. The van der Waals surface area contributed by atoms with Crippen LogP contribution < -0.4 is 14.4 Å². The minimum atomic E-state index is -0.242. The van der Waals surface area contributed by atoms with Gasteiger partial charge in [0, 0.05) is 31.9 Å². The van der Waals surface area contributed by atoms with E-state index in [9.17, 15) is 0 Å². The average molecular weight is 465 g/mol. The maximum atomic E-state index is 5.62. The molecule has 1 aliphatic rings. The summed E-state index contributed by atoms with van der Waals surface area (Å²) >= 11 is 0. The van der Waals surface area contributed by atoms with Crippen LogP contribution in [0.3, 0.4) is 0 Å². The van der Waals surface area contributed by atoms with Crippen LogP contribution >= 0.6 is 0 Å². The lowest BCUT2D eigenvalue weighted by Gasteiger charge is -2.41. The second-order valence-electron chi connectivity index (χ2n) is 9.88. The van der Waals surface area contributed by atoms with E-state index in [4.69, 9.17) is 9.47 Å². The van der Waals surface area contributed by atoms with Crippen molar-refractivity contribution in [1.82, 2.24) is 25.1 Å². The van der Waals surface area contributed by atoms with E-state index in [1.165, 1.54) is 16.8 Å². The van der Waals surface area contributed by atoms with E-state index >= 15 is 0 Å². The van der Waals surface area contributed by atoms with Crippen molar-refractivity contribution in [3.63, 3.8) is 0 Å². The topological polar surface area (TPSA) is 68.5 Å². The zero-order valence-corrected chi connectivity index (χ0v) is 21.4. The number of aromatic nitrogens is 4. The largest absolute Gasteiger partial charge is 0.493 e. The predicted octanol–water partition coefficient (Wildman–Crippen LogP) is 3.97. The van der Waals surface area contributed by atoms with Gasteiger partial charge in [-0.1, -0.05) is 18.2 Å². The van der Waals surface area contributed by atoms with Crippen LogP contribution in [0.4, 0.5) is 5.69 Å². The van der Waals surface area contributed by atoms with Crippen molar-refractivity contribution >= 4 is 5.69 Å². The molecule has 1 aromatic heterocycles. The van der Waals surface area contributed by atoms with E-state index in [-0.39, 0.29) is 11.6 Å². The standard InChI is InChI=1S/C26H36N6O2/c1-18-9-8-10-21(19(18)2)30-13-15-31(16-14-30)24(25-27-28-29-32(25)26(3,4)5)20-11-12-22(33-6)23(17-20)34-7/h8-12,17,24H,13-16H2,1-7H3/t24-/m0/s1. The number of tetrazole rings is 1. The summed E-state index contributed by atoms with van der Waals surface area (Å²) in [6.45, 7) is 14.4. The molecule has 0 aliphatic carbocycles. The van der Waals surface area contributed by atoms with Crippen molar-refractivity contribution in [1.29, 1.82) is 0 Å². The first-order chi connectivity index (χ1) is 16.2. The molecule has 4 rings (SSSR count). The van der Waals surface area contributed by atoms with Gasteiger partial charge in [-0.3, -0.25) is 4.90 Å². The molecule has 0 radical (unpaired) electrons. The van der Waals surface area contributed by atoms with Crippen LogP contribution in [0.2, 0.25) is 0 Å². The van der Waals surface area contributed by atoms with Crippen molar-refractivity contribution in [2.45, 2.75) is 46.2 Å². The number of methoxy groups -OCH3 is 2. The van der Waals surface area contributed by atoms with Crippen molar-refractivity contribution < 1.29 is 9.47 Å². The Hall–Kier alpha value is -3.13. The van der Waals surface area contributed by atoms with Crippen LogP contribution in [0, 0.1) is 13.8 Å². The first-order valence-corrected chi connectivity index (χ1v) is 11.8. The van der Waals surface area contributed by atoms with Crippen LogP contribution in [-0.4, -0.2) is 65.5 Å². The smallest absolute Gasteiger partial charge is 0.173 e. The summed E-state index contributed by atoms with van der Waals surface area (Å²) in [5.41, 5.74) is 4.84. The maximum absolute atomic E-state index is 5.62. The molecule has 1 atom stereocenters. The molecule has 1 aliphatic heterocycles. The Morgan fingerprint density at radius 3 is 2.26 bits per heavy atom. The molecule has 1 saturated heterocycles. The number of piperazine rings is 1. The van der Waals surface area contributed by atoms with Gasteiger partial charge in [-0.2, -0.15) is 0 Å². The van der Waals surface area contributed by atoms with Crippen LogP contribution in [0.25, 0.3) is 0 Å². The van der Waals surface area contributed by atoms with E-state index in [1.807, 2.05) is 16.8 Å². The Bertz CT molecular complexity index is 1130. The normalized spacial score (nSPS) is 15.9. The van der Waals surface area contributed by atoms with Gasteiger partial charge in [0.15, 0.2) is 17.3 Å². The van der Waals surface area contributed by atoms with Gasteiger partial charge in [0.25, 0.3) is 0 Å². The highest BCUT2D eigenvalue weighted by molar-refractivity contribution is 5.56. The van der Waals surface area contributed by atoms with Crippen molar-refractivity contribution in [2.24, 2.45) is 0 Å². The van der Waals surface area contributed by atoms with Crippen molar-refractivity contribution in [2.75, 3.05) is 45.3 Å². The first kappa shape index (κ1) is 24.0. The lowest BCUT2D eigenvalue weighted by atomic mass is 10.0. The SMILES string of the molecule is COc1ccc([C@@H](c2nnnn2C(C)(C)C)N2CCN(c3cccc(C)c3C)CC2)cc1OC. The highest BCUT2D eigenvalue weighted by Crippen LogP contribution is 2.36. The van der Waals surface area contributed by atoms with Crippen LogP contribution in [0.5, 0.6) is 11.5 Å². The van der Waals surface area contributed by atoms with Gasteiger partial charge in [0.2, 0.25) is 0 Å². The van der Waals surface area contributed by atoms with E-state index in [2.05, 4.69) is 84.2 Å². The van der Waals surface area contributed by atoms with Crippen LogP contribution in [-0.2, 0) is 5.54 Å².